The number of pyridine rings is 1. The number of aliphatic hydroxyl groups is 1. The van der Waals surface area contributed by atoms with Crippen molar-refractivity contribution in [2.75, 3.05) is 32.7 Å². The second-order valence-electron chi connectivity index (χ2n) is 3.75. The Kier molecular flexibility index (Phi) is 6.10. The normalized spacial score (nSPS) is 11.9. The number of hydrogen-bond donors (Lipinski definition) is 2. The number of anilines is 1. The average Bonchev–Trinajstić information content (AvgIpc) is 2.38. The van der Waals surface area contributed by atoms with Gasteiger partial charge in [-0.25, -0.2) is 9.78 Å². The maximum atomic E-state index is 11.3. The van der Waals surface area contributed by atoms with Crippen LogP contribution in [-0.4, -0.2) is 49.5 Å². The van der Waals surface area contributed by atoms with Crippen molar-refractivity contribution in [2.24, 2.45) is 0 Å². The highest BCUT2D eigenvalue weighted by atomic mass is 16.5. The Morgan fingerprint density at radius 3 is 3.00 bits per heavy atom. The summed E-state index contributed by atoms with van der Waals surface area (Å²) in [6, 6.07) is 3.35. The second kappa shape index (κ2) is 7.62. The molecule has 0 aliphatic carbocycles. The quantitative estimate of drug-likeness (QED) is 0.696. The van der Waals surface area contributed by atoms with E-state index in [4.69, 9.17) is 4.74 Å². The molecule has 1 unspecified atom stereocenters. The Bertz CT molecular complexity index is 384. The lowest BCUT2D eigenvalue weighted by Gasteiger charge is -2.11. The Morgan fingerprint density at radius 1 is 1.56 bits per heavy atom. The minimum Gasteiger partial charge on any atom is -0.464 e. The summed E-state index contributed by atoms with van der Waals surface area (Å²) < 4.78 is 9.40. The number of aliphatic hydroxyl groups excluding tert-OH is 1. The van der Waals surface area contributed by atoms with Crippen LogP contribution in [0.4, 0.5) is 5.69 Å². The third-order valence-corrected chi connectivity index (χ3v) is 2.32. The summed E-state index contributed by atoms with van der Waals surface area (Å²) >= 11 is 0. The lowest BCUT2D eigenvalue weighted by molar-refractivity contribution is 0.0593. The molecule has 6 nitrogen and oxygen atoms in total. The van der Waals surface area contributed by atoms with Crippen molar-refractivity contribution in [3.05, 3.63) is 24.0 Å². The van der Waals surface area contributed by atoms with E-state index in [0.717, 1.165) is 5.69 Å². The highest BCUT2D eigenvalue weighted by Gasteiger charge is 2.07. The van der Waals surface area contributed by atoms with Gasteiger partial charge in [0.15, 0.2) is 0 Å². The summed E-state index contributed by atoms with van der Waals surface area (Å²) in [6.45, 7) is 0.889. The first-order chi connectivity index (χ1) is 8.67. The van der Waals surface area contributed by atoms with E-state index in [1.165, 1.54) is 13.3 Å². The fourth-order valence-electron chi connectivity index (χ4n) is 1.42. The van der Waals surface area contributed by atoms with E-state index in [0.29, 0.717) is 19.6 Å². The van der Waals surface area contributed by atoms with Crippen LogP contribution >= 0.6 is 0 Å². The third-order valence-electron chi connectivity index (χ3n) is 2.32. The zero-order valence-electron chi connectivity index (χ0n) is 10.5. The van der Waals surface area contributed by atoms with Crippen LogP contribution in [0, 0.1) is 0 Å². The van der Waals surface area contributed by atoms with Crippen molar-refractivity contribution in [2.45, 2.75) is 12.5 Å². The number of rotatable bonds is 7. The molecule has 0 radical (unpaired) electrons. The van der Waals surface area contributed by atoms with E-state index in [9.17, 15) is 9.90 Å². The number of carbonyl (C=O) groups is 1. The number of carbonyl (C=O) groups excluding carboxylic acids is 1. The van der Waals surface area contributed by atoms with E-state index < -0.39 is 12.1 Å². The van der Waals surface area contributed by atoms with E-state index >= 15 is 0 Å². The van der Waals surface area contributed by atoms with Gasteiger partial charge in [0.1, 0.15) is 5.69 Å². The summed E-state index contributed by atoms with van der Waals surface area (Å²) in [6.07, 6.45) is 1.59. The molecule has 0 spiro atoms. The first kappa shape index (κ1) is 14.4. The molecule has 18 heavy (non-hydrogen) atoms. The first-order valence-corrected chi connectivity index (χ1v) is 5.62. The second-order valence-corrected chi connectivity index (χ2v) is 3.75. The van der Waals surface area contributed by atoms with Gasteiger partial charge in [-0.2, -0.15) is 0 Å². The molecular weight excluding hydrogens is 236 g/mol. The summed E-state index contributed by atoms with van der Waals surface area (Å²) in [5.74, 6) is -0.474. The third kappa shape index (κ3) is 4.68. The summed E-state index contributed by atoms with van der Waals surface area (Å²) in [7, 11) is 2.85. The van der Waals surface area contributed by atoms with Gasteiger partial charge in [0.2, 0.25) is 0 Å². The smallest absolute Gasteiger partial charge is 0.356 e. The largest absolute Gasteiger partial charge is 0.464 e. The fraction of sp³-hybridized carbons (Fsp3) is 0.500. The Labute approximate surface area is 106 Å². The van der Waals surface area contributed by atoms with Gasteiger partial charge >= 0.3 is 5.97 Å². The van der Waals surface area contributed by atoms with Crippen LogP contribution in [-0.2, 0) is 9.47 Å². The molecule has 1 atom stereocenters. The monoisotopic (exact) mass is 254 g/mol. The molecule has 0 saturated carbocycles. The maximum Gasteiger partial charge on any atom is 0.356 e. The lowest BCUT2D eigenvalue weighted by Crippen LogP contribution is -2.18. The predicted molar refractivity (Wildman–Crippen MR) is 66.6 cm³/mol. The van der Waals surface area contributed by atoms with Crippen LogP contribution < -0.4 is 5.32 Å². The number of aromatic nitrogens is 1. The van der Waals surface area contributed by atoms with Gasteiger partial charge in [0.25, 0.3) is 0 Å². The van der Waals surface area contributed by atoms with Crippen LogP contribution in [0.15, 0.2) is 18.3 Å². The van der Waals surface area contributed by atoms with Gasteiger partial charge in [-0.05, 0) is 18.6 Å². The topological polar surface area (TPSA) is 80.7 Å². The zero-order chi connectivity index (χ0) is 13.4. The summed E-state index contributed by atoms with van der Waals surface area (Å²) in [5.41, 5.74) is 1.01. The molecule has 6 heteroatoms. The van der Waals surface area contributed by atoms with Gasteiger partial charge in [-0.1, -0.05) is 0 Å². The molecule has 0 bridgehead atoms. The van der Waals surface area contributed by atoms with Crippen molar-refractivity contribution in [3.8, 4) is 0 Å². The number of nitrogens with zero attached hydrogens (tertiary/aromatic N) is 1. The van der Waals surface area contributed by atoms with Crippen LogP contribution in [0.3, 0.4) is 0 Å². The van der Waals surface area contributed by atoms with Crippen molar-refractivity contribution in [3.63, 3.8) is 0 Å². The molecule has 0 saturated heterocycles. The van der Waals surface area contributed by atoms with Gasteiger partial charge in [0, 0.05) is 25.5 Å². The van der Waals surface area contributed by atoms with E-state index in [1.54, 1.807) is 19.2 Å². The number of methoxy groups -OCH3 is 2. The number of nitrogens with one attached hydrogen (secondary N) is 1. The molecule has 0 aliphatic rings. The molecule has 0 aliphatic heterocycles. The minimum absolute atomic E-state index is 0.250. The van der Waals surface area contributed by atoms with Crippen LogP contribution in [0.5, 0.6) is 0 Å². The van der Waals surface area contributed by atoms with E-state index in [2.05, 4.69) is 15.0 Å². The van der Waals surface area contributed by atoms with Crippen molar-refractivity contribution >= 4 is 11.7 Å². The average molecular weight is 254 g/mol. The summed E-state index contributed by atoms with van der Waals surface area (Å²) in [4.78, 5) is 15.2. The Balaban J connectivity index is 2.45. The van der Waals surface area contributed by atoms with Crippen molar-refractivity contribution < 1.29 is 19.4 Å². The van der Waals surface area contributed by atoms with Gasteiger partial charge in [-0.3, -0.25) is 0 Å². The Hall–Kier alpha value is -1.66. The molecular formula is C12H18N2O4. The lowest BCUT2D eigenvalue weighted by atomic mass is 10.2. The summed E-state index contributed by atoms with van der Waals surface area (Å²) in [5, 5.41) is 12.5. The Morgan fingerprint density at radius 2 is 2.33 bits per heavy atom. The fourth-order valence-corrected chi connectivity index (χ4v) is 1.42. The molecule has 0 amide bonds. The SMILES string of the molecule is COCC(O)CCNc1ccnc(C(=O)OC)c1. The molecule has 0 aromatic carbocycles. The number of ether oxygens (including phenoxy) is 2. The molecule has 2 N–H and O–H groups in total. The van der Waals surface area contributed by atoms with Gasteiger partial charge < -0.3 is 19.9 Å². The molecule has 1 heterocycles. The van der Waals surface area contributed by atoms with Crippen molar-refractivity contribution in [1.29, 1.82) is 0 Å². The molecule has 1 aromatic rings. The van der Waals surface area contributed by atoms with Gasteiger partial charge in [-0.15, -0.1) is 0 Å². The number of esters is 1. The number of hydrogen-bond acceptors (Lipinski definition) is 6. The molecule has 1 aromatic heterocycles. The molecule has 100 valence electrons. The minimum atomic E-state index is -0.496. The zero-order valence-corrected chi connectivity index (χ0v) is 10.5. The standard InChI is InChI=1S/C12H18N2O4/c1-17-8-10(15)4-6-13-9-3-5-14-11(7-9)12(16)18-2/h3,5,7,10,15H,4,6,8H2,1-2H3,(H,13,14). The first-order valence-electron chi connectivity index (χ1n) is 5.62. The van der Waals surface area contributed by atoms with Crippen LogP contribution in [0.25, 0.3) is 0 Å². The molecule has 1 rings (SSSR count). The predicted octanol–water partition coefficient (Wildman–Crippen LogP) is 0.677. The van der Waals surface area contributed by atoms with Crippen LogP contribution in [0.2, 0.25) is 0 Å². The van der Waals surface area contributed by atoms with Crippen LogP contribution in [0.1, 0.15) is 16.9 Å². The van der Waals surface area contributed by atoms with Gasteiger partial charge in [0.05, 0.1) is 19.8 Å². The highest BCUT2D eigenvalue weighted by molar-refractivity contribution is 5.88. The van der Waals surface area contributed by atoms with E-state index in [-0.39, 0.29) is 5.69 Å². The van der Waals surface area contributed by atoms with Crippen molar-refractivity contribution in [1.82, 2.24) is 4.98 Å². The maximum absolute atomic E-state index is 11.3. The molecule has 0 fully saturated rings. The van der Waals surface area contributed by atoms with E-state index in [1.807, 2.05) is 0 Å². The highest BCUT2D eigenvalue weighted by Crippen LogP contribution is 2.09.